The van der Waals surface area contributed by atoms with Crippen LogP contribution in [0.4, 0.5) is 0 Å². The molecule has 0 saturated carbocycles. The average Bonchev–Trinajstić information content (AvgIpc) is 2.45. The maximum Gasteiger partial charge on any atom is 0.376 e. The van der Waals surface area contributed by atoms with Crippen LogP contribution >= 0.6 is 0 Å². The van der Waals surface area contributed by atoms with E-state index in [4.69, 9.17) is 5.11 Å². The molecule has 23 heavy (non-hydrogen) atoms. The van der Waals surface area contributed by atoms with Crippen molar-refractivity contribution in [3.8, 4) is 0 Å². The lowest BCUT2D eigenvalue weighted by Gasteiger charge is -2.14. The molecule has 0 aromatic carbocycles. The minimum atomic E-state index is -1.36. The molecule has 2 atom stereocenters. The molecule has 0 aromatic heterocycles. The number of hydrogen-bond donors (Lipinski definition) is 1. The van der Waals surface area contributed by atoms with Crippen LogP contribution < -0.4 is 0 Å². The van der Waals surface area contributed by atoms with Crippen LogP contribution in [0.3, 0.4) is 0 Å². The fraction of sp³-hybridized carbons (Fsp3) is 0.800. The number of hydrogen-bond acceptors (Lipinski definition) is 2. The van der Waals surface area contributed by atoms with Gasteiger partial charge in [0.15, 0.2) is 0 Å². The quantitative estimate of drug-likeness (QED) is 0.352. The molecule has 0 bridgehead atoms. The summed E-state index contributed by atoms with van der Waals surface area (Å²) < 4.78 is 0. The maximum absolute atomic E-state index is 11.2. The SMILES string of the molecule is CC(=CCCC(C)CCCC(C)CCCC(C)C)C(=O)C(=O)O. The first-order valence-corrected chi connectivity index (χ1v) is 9.18. The van der Waals surface area contributed by atoms with E-state index in [0.29, 0.717) is 11.5 Å². The van der Waals surface area contributed by atoms with Crippen LogP contribution in [0.1, 0.15) is 86.0 Å². The Hall–Kier alpha value is -1.12. The number of aliphatic carboxylic acids is 1. The lowest BCUT2D eigenvalue weighted by atomic mass is 9.92. The highest BCUT2D eigenvalue weighted by Gasteiger charge is 2.13. The summed E-state index contributed by atoms with van der Waals surface area (Å²) in [7, 11) is 0. The number of carboxylic acid groups (broad SMARTS) is 1. The largest absolute Gasteiger partial charge is 0.475 e. The van der Waals surface area contributed by atoms with Gasteiger partial charge in [-0.2, -0.15) is 0 Å². The van der Waals surface area contributed by atoms with Crippen molar-refractivity contribution in [3.63, 3.8) is 0 Å². The predicted octanol–water partition coefficient (Wildman–Crippen LogP) is 5.64. The Morgan fingerprint density at radius 3 is 1.83 bits per heavy atom. The number of Topliss-reactive ketones (excluding diaryl/α,β-unsaturated/α-hetero) is 1. The Morgan fingerprint density at radius 1 is 0.870 bits per heavy atom. The molecular weight excluding hydrogens is 288 g/mol. The number of allylic oxidation sites excluding steroid dienone is 1. The molecule has 0 spiro atoms. The van der Waals surface area contributed by atoms with Crippen LogP contribution in [-0.2, 0) is 9.59 Å². The molecule has 0 aliphatic rings. The molecule has 3 heteroatoms. The predicted molar refractivity (Wildman–Crippen MR) is 96.5 cm³/mol. The Labute approximate surface area is 142 Å². The summed E-state index contributed by atoms with van der Waals surface area (Å²) in [4.78, 5) is 21.8. The number of carboxylic acids is 1. The molecule has 1 N–H and O–H groups in total. The van der Waals surface area contributed by atoms with E-state index in [0.717, 1.165) is 24.7 Å². The third kappa shape index (κ3) is 12.0. The van der Waals surface area contributed by atoms with E-state index in [-0.39, 0.29) is 0 Å². The zero-order chi connectivity index (χ0) is 17.8. The summed E-state index contributed by atoms with van der Waals surface area (Å²) in [5.41, 5.74) is 0.350. The van der Waals surface area contributed by atoms with Gasteiger partial charge in [-0.05, 0) is 37.5 Å². The molecule has 2 unspecified atom stereocenters. The number of carbonyl (C=O) groups excluding carboxylic acids is 1. The molecule has 0 fully saturated rings. The van der Waals surface area contributed by atoms with Crippen LogP contribution in [0, 0.1) is 17.8 Å². The van der Waals surface area contributed by atoms with Crippen molar-refractivity contribution in [1.82, 2.24) is 0 Å². The maximum atomic E-state index is 11.2. The van der Waals surface area contributed by atoms with Crippen molar-refractivity contribution in [2.45, 2.75) is 86.0 Å². The smallest absolute Gasteiger partial charge is 0.376 e. The van der Waals surface area contributed by atoms with Crippen LogP contribution in [0.15, 0.2) is 11.6 Å². The first kappa shape index (κ1) is 21.9. The van der Waals surface area contributed by atoms with Gasteiger partial charge in [0.2, 0.25) is 0 Å². The van der Waals surface area contributed by atoms with Crippen molar-refractivity contribution in [2.24, 2.45) is 17.8 Å². The van der Waals surface area contributed by atoms with E-state index in [1.165, 1.54) is 38.5 Å². The highest BCUT2D eigenvalue weighted by Crippen LogP contribution is 2.21. The second-order valence-electron chi connectivity index (χ2n) is 7.56. The molecule has 0 aromatic rings. The van der Waals surface area contributed by atoms with Crippen molar-refractivity contribution in [2.75, 3.05) is 0 Å². The monoisotopic (exact) mass is 324 g/mol. The van der Waals surface area contributed by atoms with E-state index in [9.17, 15) is 9.59 Å². The molecule has 0 heterocycles. The normalized spacial score (nSPS) is 14.8. The second kappa shape index (κ2) is 12.3. The highest BCUT2D eigenvalue weighted by molar-refractivity contribution is 6.39. The molecule has 0 rings (SSSR count). The van der Waals surface area contributed by atoms with Gasteiger partial charge in [0.1, 0.15) is 0 Å². The lowest BCUT2D eigenvalue weighted by molar-refractivity contribution is -0.147. The molecule has 0 aliphatic heterocycles. The third-order valence-electron chi connectivity index (χ3n) is 4.53. The van der Waals surface area contributed by atoms with E-state index in [2.05, 4.69) is 27.7 Å². The molecule has 0 saturated heterocycles. The average molecular weight is 325 g/mol. The van der Waals surface area contributed by atoms with Gasteiger partial charge in [0, 0.05) is 5.57 Å². The minimum absolute atomic E-state index is 0.350. The molecule has 3 nitrogen and oxygen atoms in total. The molecule has 0 amide bonds. The summed E-state index contributed by atoms with van der Waals surface area (Å²) in [5, 5.41) is 8.63. The van der Waals surface area contributed by atoms with Gasteiger partial charge in [0.25, 0.3) is 5.78 Å². The summed E-state index contributed by atoms with van der Waals surface area (Å²) >= 11 is 0. The van der Waals surface area contributed by atoms with Crippen molar-refractivity contribution in [3.05, 3.63) is 11.6 Å². The standard InChI is InChI=1S/C20H36O3/c1-15(2)9-6-10-16(3)11-7-12-17(4)13-8-14-18(5)19(21)20(22)23/h14-17H,6-13H2,1-5H3,(H,22,23). The Balaban J connectivity index is 3.79. The molecular formula is C20H36O3. The van der Waals surface area contributed by atoms with Crippen molar-refractivity contribution in [1.29, 1.82) is 0 Å². The molecule has 0 aliphatic carbocycles. The van der Waals surface area contributed by atoms with Gasteiger partial charge in [-0.25, -0.2) is 4.79 Å². The first-order valence-electron chi connectivity index (χ1n) is 9.18. The Morgan fingerprint density at radius 2 is 1.35 bits per heavy atom. The van der Waals surface area contributed by atoms with Gasteiger partial charge in [0.05, 0.1) is 0 Å². The lowest BCUT2D eigenvalue weighted by Crippen LogP contribution is -2.13. The van der Waals surface area contributed by atoms with Crippen LogP contribution in [0.5, 0.6) is 0 Å². The van der Waals surface area contributed by atoms with Crippen LogP contribution in [-0.4, -0.2) is 16.9 Å². The van der Waals surface area contributed by atoms with Gasteiger partial charge < -0.3 is 5.11 Å². The summed E-state index contributed by atoms with van der Waals surface area (Å²) in [6.07, 6.45) is 11.4. The number of carbonyl (C=O) groups is 2. The van der Waals surface area contributed by atoms with Crippen LogP contribution in [0.25, 0.3) is 0 Å². The fourth-order valence-electron chi connectivity index (χ4n) is 2.82. The van der Waals surface area contributed by atoms with E-state index in [1.54, 1.807) is 13.0 Å². The van der Waals surface area contributed by atoms with Gasteiger partial charge in [-0.1, -0.05) is 72.3 Å². The summed E-state index contributed by atoms with van der Waals surface area (Å²) in [6.45, 7) is 10.7. The fourth-order valence-corrected chi connectivity index (χ4v) is 2.82. The number of ketones is 1. The third-order valence-corrected chi connectivity index (χ3v) is 4.53. The van der Waals surface area contributed by atoms with E-state index < -0.39 is 11.8 Å². The Kier molecular flexibility index (Phi) is 11.7. The van der Waals surface area contributed by atoms with Crippen LogP contribution in [0.2, 0.25) is 0 Å². The minimum Gasteiger partial charge on any atom is -0.475 e. The van der Waals surface area contributed by atoms with E-state index >= 15 is 0 Å². The highest BCUT2D eigenvalue weighted by atomic mass is 16.4. The molecule has 0 radical (unpaired) electrons. The zero-order valence-electron chi connectivity index (χ0n) is 15.7. The molecule has 134 valence electrons. The second-order valence-corrected chi connectivity index (χ2v) is 7.56. The Bertz CT molecular complexity index is 382. The summed E-state index contributed by atoms with van der Waals surface area (Å²) in [5.74, 6) is 0.107. The van der Waals surface area contributed by atoms with Gasteiger partial charge in [-0.3, -0.25) is 4.79 Å². The first-order chi connectivity index (χ1) is 10.7. The van der Waals surface area contributed by atoms with Crippen molar-refractivity contribution < 1.29 is 14.7 Å². The van der Waals surface area contributed by atoms with E-state index in [1.807, 2.05) is 0 Å². The zero-order valence-corrected chi connectivity index (χ0v) is 15.7. The number of rotatable bonds is 13. The van der Waals surface area contributed by atoms with Crippen molar-refractivity contribution >= 4 is 11.8 Å². The van der Waals surface area contributed by atoms with Gasteiger partial charge >= 0.3 is 5.97 Å². The topological polar surface area (TPSA) is 54.4 Å². The van der Waals surface area contributed by atoms with Gasteiger partial charge in [-0.15, -0.1) is 0 Å². The summed E-state index contributed by atoms with van der Waals surface area (Å²) in [6, 6.07) is 0.